The van der Waals surface area contributed by atoms with E-state index in [0.717, 1.165) is 89.9 Å². The zero-order valence-corrected chi connectivity index (χ0v) is 39.5. The van der Waals surface area contributed by atoms with Crippen LogP contribution in [0, 0.1) is 0 Å². The first-order valence-corrected chi connectivity index (χ1v) is 25.3. The zero-order valence-electron chi connectivity index (χ0n) is 39.5. The lowest BCUT2D eigenvalue weighted by atomic mass is 10.1. The number of esters is 3. The average Bonchev–Trinajstić information content (AvgIpc) is 3.24. The van der Waals surface area contributed by atoms with Gasteiger partial charge in [-0.3, -0.25) is 14.4 Å². The Hall–Kier alpha value is -2.89. The van der Waals surface area contributed by atoms with E-state index < -0.39 is 6.10 Å². The van der Waals surface area contributed by atoms with E-state index >= 15 is 0 Å². The number of carbonyl (C=O) groups excluding carboxylic acids is 3. The Morgan fingerprint density at radius 3 is 1.08 bits per heavy atom. The second-order valence-corrected chi connectivity index (χ2v) is 16.7. The smallest absolute Gasteiger partial charge is 0.306 e. The lowest BCUT2D eigenvalue weighted by Crippen LogP contribution is -2.30. The summed E-state index contributed by atoms with van der Waals surface area (Å²) in [6.07, 6.45) is 59.2. The van der Waals surface area contributed by atoms with E-state index in [0.29, 0.717) is 19.3 Å². The topological polar surface area (TPSA) is 78.9 Å². The van der Waals surface area contributed by atoms with Crippen LogP contribution in [-0.2, 0) is 28.6 Å². The van der Waals surface area contributed by atoms with E-state index in [1.165, 1.54) is 116 Å². The number of unbranched alkanes of at least 4 members (excludes halogenated alkanes) is 24. The molecule has 6 nitrogen and oxygen atoms in total. The van der Waals surface area contributed by atoms with Crippen LogP contribution in [0.4, 0.5) is 0 Å². The highest BCUT2D eigenvalue weighted by Gasteiger charge is 2.19. The molecule has 0 aliphatic carbocycles. The van der Waals surface area contributed by atoms with Crippen LogP contribution in [0.3, 0.4) is 0 Å². The molecule has 60 heavy (non-hydrogen) atoms. The first kappa shape index (κ1) is 57.1. The molecule has 0 aromatic rings. The molecule has 0 aliphatic heterocycles. The van der Waals surface area contributed by atoms with Gasteiger partial charge in [0, 0.05) is 19.3 Å². The minimum absolute atomic E-state index is 0.0908. The third-order valence-electron chi connectivity index (χ3n) is 10.7. The molecular weight excluding hydrogens is 745 g/mol. The monoisotopic (exact) mass is 839 g/mol. The van der Waals surface area contributed by atoms with Crippen molar-refractivity contribution in [2.75, 3.05) is 13.2 Å². The molecule has 346 valence electrons. The molecule has 0 aliphatic rings. The van der Waals surface area contributed by atoms with Crippen molar-refractivity contribution in [3.63, 3.8) is 0 Å². The molecule has 1 unspecified atom stereocenters. The summed E-state index contributed by atoms with van der Waals surface area (Å²) in [4.78, 5) is 37.9. The average molecular weight is 839 g/mol. The Morgan fingerprint density at radius 1 is 0.350 bits per heavy atom. The summed E-state index contributed by atoms with van der Waals surface area (Å²) in [7, 11) is 0. The summed E-state index contributed by atoms with van der Waals surface area (Å²) < 4.78 is 16.7. The molecule has 0 spiro atoms. The van der Waals surface area contributed by atoms with E-state index in [9.17, 15) is 14.4 Å². The lowest BCUT2D eigenvalue weighted by molar-refractivity contribution is -0.167. The number of ether oxygens (including phenoxy) is 3. The van der Waals surface area contributed by atoms with Gasteiger partial charge in [0.25, 0.3) is 0 Å². The second-order valence-electron chi connectivity index (χ2n) is 16.7. The van der Waals surface area contributed by atoms with Gasteiger partial charge in [-0.05, 0) is 103 Å². The fourth-order valence-corrected chi connectivity index (χ4v) is 6.92. The summed E-state index contributed by atoms with van der Waals surface area (Å²) in [5.74, 6) is -0.932. The van der Waals surface area contributed by atoms with Gasteiger partial charge in [0.2, 0.25) is 0 Å². The standard InChI is InChI=1S/C54H94O6/c1-4-7-10-13-16-19-22-25-26-27-28-30-32-35-38-41-44-47-53(56)59-50-51(49-58-52(55)46-43-40-37-34-31-24-21-18-15-12-9-6-3)60-54(57)48-45-42-39-36-33-29-23-20-17-14-11-8-5-2/h8,11,17-18,20-21,25-26,29,33,51H,4-7,9-10,12-16,19,22-24,27-28,30-32,34-50H2,1-3H3/b11-8-,20-17-,21-18-,26-25-,33-29-. The lowest BCUT2D eigenvalue weighted by Gasteiger charge is -2.18. The van der Waals surface area contributed by atoms with Crippen LogP contribution in [0.15, 0.2) is 60.8 Å². The van der Waals surface area contributed by atoms with E-state index in [1.54, 1.807) is 0 Å². The largest absolute Gasteiger partial charge is 0.462 e. The Balaban J connectivity index is 4.40. The minimum Gasteiger partial charge on any atom is -0.462 e. The molecule has 6 heteroatoms. The first-order valence-electron chi connectivity index (χ1n) is 25.3. The van der Waals surface area contributed by atoms with Gasteiger partial charge in [-0.25, -0.2) is 0 Å². The van der Waals surface area contributed by atoms with Gasteiger partial charge in [0.05, 0.1) is 0 Å². The minimum atomic E-state index is -0.792. The summed E-state index contributed by atoms with van der Waals surface area (Å²) in [5, 5.41) is 0. The molecule has 0 saturated heterocycles. The SMILES string of the molecule is CC/C=C\C/C=C\C/C=C\CCCCCC(=O)OC(COC(=O)CCCCCCC/C=C\CCCCC)COC(=O)CCCCCCCCC/C=C\CCCCCCCC. The highest BCUT2D eigenvalue weighted by molar-refractivity contribution is 5.71. The normalized spacial score (nSPS) is 12.5. The molecule has 1 atom stereocenters. The van der Waals surface area contributed by atoms with Crippen molar-refractivity contribution in [3.05, 3.63) is 60.8 Å². The van der Waals surface area contributed by atoms with Crippen LogP contribution in [0.25, 0.3) is 0 Å². The maximum absolute atomic E-state index is 12.8. The Bertz CT molecular complexity index is 1100. The van der Waals surface area contributed by atoms with E-state index in [2.05, 4.69) is 81.5 Å². The molecule has 0 N–H and O–H groups in total. The van der Waals surface area contributed by atoms with Crippen molar-refractivity contribution in [2.24, 2.45) is 0 Å². The Labute approximate surface area is 370 Å². The van der Waals surface area contributed by atoms with Crippen LogP contribution in [-0.4, -0.2) is 37.2 Å². The Morgan fingerprint density at radius 2 is 0.650 bits per heavy atom. The van der Waals surface area contributed by atoms with Gasteiger partial charge in [-0.15, -0.1) is 0 Å². The fourth-order valence-electron chi connectivity index (χ4n) is 6.92. The van der Waals surface area contributed by atoms with Gasteiger partial charge in [-0.1, -0.05) is 184 Å². The van der Waals surface area contributed by atoms with Crippen molar-refractivity contribution in [1.29, 1.82) is 0 Å². The number of carbonyl (C=O) groups is 3. The second kappa shape index (κ2) is 48.8. The molecular formula is C54H94O6. The van der Waals surface area contributed by atoms with Crippen LogP contribution in [0.1, 0.15) is 245 Å². The molecule has 0 rings (SSSR count). The van der Waals surface area contributed by atoms with Crippen molar-refractivity contribution in [2.45, 2.75) is 252 Å². The quantitative estimate of drug-likeness (QED) is 0.0263. The molecule has 0 saturated carbocycles. The maximum Gasteiger partial charge on any atom is 0.306 e. The first-order chi connectivity index (χ1) is 29.5. The third-order valence-corrected chi connectivity index (χ3v) is 10.7. The van der Waals surface area contributed by atoms with Gasteiger partial charge in [0.15, 0.2) is 6.10 Å². The van der Waals surface area contributed by atoms with Crippen LogP contribution in [0.5, 0.6) is 0 Å². The van der Waals surface area contributed by atoms with E-state index in [4.69, 9.17) is 14.2 Å². The zero-order chi connectivity index (χ0) is 43.7. The van der Waals surface area contributed by atoms with Crippen LogP contribution in [0.2, 0.25) is 0 Å². The fraction of sp³-hybridized carbons (Fsp3) is 0.759. The number of rotatable bonds is 45. The predicted octanol–water partition coefficient (Wildman–Crippen LogP) is 16.5. The van der Waals surface area contributed by atoms with Gasteiger partial charge in [-0.2, -0.15) is 0 Å². The third kappa shape index (κ3) is 46.2. The molecule has 0 heterocycles. The van der Waals surface area contributed by atoms with Crippen molar-refractivity contribution in [1.82, 2.24) is 0 Å². The summed E-state index contributed by atoms with van der Waals surface area (Å²) in [6, 6.07) is 0. The van der Waals surface area contributed by atoms with Crippen molar-refractivity contribution in [3.8, 4) is 0 Å². The van der Waals surface area contributed by atoms with E-state index in [-0.39, 0.29) is 31.1 Å². The molecule has 0 radical (unpaired) electrons. The molecule has 0 amide bonds. The summed E-state index contributed by atoms with van der Waals surface area (Å²) >= 11 is 0. The predicted molar refractivity (Wildman–Crippen MR) is 256 cm³/mol. The number of allylic oxidation sites excluding steroid dienone is 10. The van der Waals surface area contributed by atoms with Gasteiger partial charge < -0.3 is 14.2 Å². The summed E-state index contributed by atoms with van der Waals surface area (Å²) in [5.41, 5.74) is 0. The van der Waals surface area contributed by atoms with E-state index in [1.807, 2.05) is 0 Å². The maximum atomic E-state index is 12.8. The molecule has 0 aromatic carbocycles. The molecule has 0 fully saturated rings. The van der Waals surface area contributed by atoms with Gasteiger partial charge in [0.1, 0.15) is 13.2 Å². The molecule has 0 bridgehead atoms. The summed E-state index contributed by atoms with van der Waals surface area (Å²) in [6.45, 7) is 6.46. The van der Waals surface area contributed by atoms with Crippen molar-refractivity contribution < 1.29 is 28.6 Å². The Kier molecular flexibility index (Phi) is 46.4. The molecule has 0 aromatic heterocycles. The van der Waals surface area contributed by atoms with Crippen LogP contribution >= 0.6 is 0 Å². The van der Waals surface area contributed by atoms with Crippen LogP contribution < -0.4 is 0 Å². The number of hydrogen-bond donors (Lipinski definition) is 0. The highest BCUT2D eigenvalue weighted by Crippen LogP contribution is 2.14. The number of hydrogen-bond acceptors (Lipinski definition) is 6. The van der Waals surface area contributed by atoms with Crippen molar-refractivity contribution >= 4 is 17.9 Å². The van der Waals surface area contributed by atoms with Gasteiger partial charge >= 0.3 is 17.9 Å². The highest BCUT2D eigenvalue weighted by atomic mass is 16.6.